The topological polar surface area (TPSA) is 9.23 Å². The van der Waals surface area contributed by atoms with Crippen LogP contribution in [0.25, 0.3) is 0 Å². The Labute approximate surface area is 153 Å². The van der Waals surface area contributed by atoms with E-state index in [0.29, 0.717) is 6.10 Å². The lowest BCUT2D eigenvalue weighted by Gasteiger charge is -2.45. The SMILES string of the molecule is CC1=CCCC(O[Si](c2ccccc2)(c2ccccc2)C(C)(C)C)C1. The van der Waals surface area contributed by atoms with Crippen LogP contribution >= 0.6 is 0 Å². The molecule has 0 fully saturated rings. The van der Waals surface area contributed by atoms with Gasteiger partial charge in [-0.2, -0.15) is 0 Å². The lowest BCUT2D eigenvalue weighted by Crippen LogP contribution is -2.67. The summed E-state index contributed by atoms with van der Waals surface area (Å²) < 4.78 is 7.18. The largest absolute Gasteiger partial charge is 0.404 e. The van der Waals surface area contributed by atoms with Crippen molar-refractivity contribution in [3.8, 4) is 0 Å². The van der Waals surface area contributed by atoms with E-state index in [1.54, 1.807) is 0 Å². The molecular formula is C23H30OSi. The molecule has 2 heteroatoms. The molecule has 1 nitrogen and oxygen atoms in total. The summed E-state index contributed by atoms with van der Waals surface area (Å²) in [7, 11) is -2.39. The third-order valence-corrected chi connectivity index (χ3v) is 10.4. The van der Waals surface area contributed by atoms with Crippen molar-refractivity contribution in [2.45, 2.75) is 58.1 Å². The summed E-state index contributed by atoms with van der Waals surface area (Å²) in [5.41, 5.74) is 1.47. The van der Waals surface area contributed by atoms with Crippen molar-refractivity contribution < 1.29 is 4.43 Å². The number of hydrogen-bond acceptors (Lipinski definition) is 1. The quantitative estimate of drug-likeness (QED) is 0.553. The molecule has 0 saturated carbocycles. The fraction of sp³-hybridized carbons (Fsp3) is 0.391. The number of benzene rings is 2. The summed E-state index contributed by atoms with van der Waals surface area (Å²) in [6, 6.07) is 21.9. The van der Waals surface area contributed by atoms with E-state index in [9.17, 15) is 0 Å². The van der Waals surface area contributed by atoms with E-state index < -0.39 is 8.32 Å². The standard InChI is InChI=1S/C23H30OSi/c1-19-12-11-13-20(18-19)24-25(23(2,3)4,21-14-7-5-8-15-21)22-16-9-6-10-17-22/h5-10,12,14-17,20H,11,13,18H2,1-4H3. The zero-order valence-corrected chi connectivity index (χ0v) is 17.0. The van der Waals surface area contributed by atoms with Gasteiger partial charge in [-0.25, -0.2) is 0 Å². The predicted octanol–water partition coefficient (Wildman–Crippen LogP) is 5.06. The van der Waals surface area contributed by atoms with Crippen LogP contribution in [0.1, 0.15) is 47.0 Å². The molecule has 0 amide bonds. The van der Waals surface area contributed by atoms with Gasteiger partial charge in [0.1, 0.15) is 0 Å². The molecule has 1 unspecified atom stereocenters. The fourth-order valence-electron chi connectivity index (χ4n) is 4.10. The Balaban J connectivity index is 2.14. The van der Waals surface area contributed by atoms with Crippen molar-refractivity contribution in [3.63, 3.8) is 0 Å². The molecule has 0 aliphatic heterocycles. The fourth-order valence-corrected chi connectivity index (χ4v) is 8.82. The molecule has 2 aromatic carbocycles. The monoisotopic (exact) mass is 350 g/mol. The Bertz CT molecular complexity index is 673. The lowest BCUT2D eigenvalue weighted by atomic mass is 9.98. The Morgan fingerprint density at radius 3 is 1.84 bits per heavy atom. The van der Waals surface area contributed by atoms with E-state index in [-0.39, 0.29) is 5.04 Å². The Hall–Kier alpha value is -1.64. The lowest BCUT2D eigenvalue weighted by molar-refractivity contribution is 0.173. The van der Waals surface area contributed by atoms with Crippen LogP contribution in [0.5, 0.6) is 0 Å². The molecule has 0 saturated heterocycles. The van der Waals surface area contributed by atoms with Crippen LogP contribution in [0.2, 0.25) is 5.04 Å². The number of rotatable bonds is 4. The second kappa shape index (κ2) is 7.31. The van der Waals surface area contributed by atoms with Crippen LogP contribution in [0.3, 0.4) is 0 Å². The minimum absolute atomic E-state index is 0.0603. The normalized spacial score (nSPS) is 18.7. The molecule has 3 rings (SSSR count). The first-order valence-corrected chi connectivity index (χ1v) is 11.3. The van der Waals surface area contributed by atoms with Crippen molar-refractivity contribution in [1.29, 1.82) is 0 Å². The molecule has 1 aliphatic rings. The Morgan fingerprint density at radius 1 is 0.880 bits per heavy atom. The molecule has 1 aliphatic carbocycles. The van der Waals surface area contributed by atoms with Crippen molar-refractivity contribution in [3.05, 3.63) is 72.3 Å². The highest BCUT2D eigenvalue weighted by atomic mass is 28.4. The molecule has 0 N–H and O–H groups in total. The van der Waals surface area contributed by atoms with Gasteiger partial charge in [0.05, 0.1) is 0 Å². The van der Waals surface area contributed by atoms with Crippen LogP contribution in [0.15, 0.2) is 72.3 Å². The van der Waals surface area contributed by atoms with Crippen LogP contribution in [0, 0.1) is 0 Å². The van der Waals surface area contributed by atoms with Gasteiger partial charge in [-0.15, -0.1) is 0 Å². The van der Waals surface area contributed by atoms with Gasteiger partial charge in [-0.05, 0) is 41.6 Å². The highest BCUT2D eigenvalue weighted by molar-refractivity contribution is 6.99. The molecule has 0 spiro atoms. The average molecular weight is 351 g/mol. The van der Waals surface area contributed by atoms with Gasteiger partial charge in [-0.1, -0.05) is 93.1 Å². The highest BCUT2D eigenvalue weighted by Crippen LogP contribution is 2.39. The molecule has 132 valence electrons. The van der Waals surface area contributed by atoms with Crippen LogP contribution in [-0.2, 0) is 4.43 Å². The first-order valence-electron chi connectivity index (χ1n) is 9.38. The van der Waals surface area contributed by atoms with Gasteiger partial charge >= 0.3 is 0 Å². The summed E-state index contributed by atoms with van der Waals surface area (Å²) in [5, 5.41) is 2.81. The van der Waals surface area contributed by atoms with E-state index in [1.165, 1.54) is 15.9 Å². The summed E-state index contributed by atoms with van der Waals surface area (Å²) in [6.07, 6.45) is 6.00. The predicted molar refractivity (Wildman–Crippen MR) is 110 cm³/mol. The minimum atomic E-state index is -2.39. The van der Waals surface area contributed by atoms with Crippen molar-refractivity contribution in [2.75, 3.05) is 0 Å². The van der Waals surface area contributed by atoms with Crippen molar-refractivity contribution in [1.82, 2.24) is 0 Å². The minimum Gasteiger partial charge on any atom is -0.404 e. The van der Waals surface area contributed by atoms with E-state index in [1.807, 2.05) is 0 Å². The molecule has 1 atom stereocenters. The number of hydrogen-bond donors (Lipinski definition) is 0. The molecule has 0 bridgehead atoms. The molecule has 25 heavy (non-hydrogen) atoms. The number of allylic oxidation sites excluding steroid dienone is 1. The van der Waals surface area contributed by atoms with E-state index in [2.05, 4.69) is 94.4 Å². The molecule has 2 aromatic rings. The third-order valence-electron chi connectivity index (χ3n) is 5.29. The summed E-state index contributed by atoms with van der Waals surface area (Å²) in [4.78, 5) is 0. The second-order valence-corrected chi connectivity index (χ2v) is 12.5. The van der Waals surface area contributed by atoms with Crippen molar-refractivity contribution in [2.24, 2.45) is 0 Å². The van der Waals surface area contributed by atoms with E-state index in [0.717, 1.165) is 19.3 Å². The molecular weight excluding hydrogens is 320 g/mol. The average Bonchev–Trinajstić information content (AvgIpc) is 2.60. The summed E-state index contributed by atoms with van der Waals surface area (Å²) >= 11 is 0. The maximum Gasteiger partial charge on any atom is 0.261 e. The van der Waals surface area contributed by atoms with Crippen LogP contribution in [0.4, 0.5) is 0 Å². The Kier molecular flexibility index (Phi) is 5.31. The zero-order valence-electron chi connectivity index (χ0n) is 16.0. The van der Waals surface area contributed by atoms with Gasteiger partial charge in [0.15, 0.2) is 0 Å². The van der Waals surface area contributed by atoms with Crippen molar-refractivity contribution >= 4 is 18.7 Å². The summed E-state index contributed by atoms with van der Waals surface area (Å²) in [6.45, 7) is 9.29. The maximum atomic E-state index is 7.18. The van der Waals surface area contributed by atoms with Gasteiger partial charge in [0, 0.05) is 6.10 Å². The van der Waals surface area contributed by atoms with Gasteiger partial charge in [0.2, 0.25) is 0 Å². The first kappa shape index (κ1) is 18.2. The molecule has 0 radical (unpaired) electrons. The van der Waals surface area contributed by atoms with Crippen LogP contribution in [-0.4, -0.2) is 14.4 Å². The van der Waals surface area contributed by atoms with E-state index >= 15 is 0 Å². The van der Waals surface area contributed by atoms with Gasteiger partial charge in [0.25, 0.3) is 8.32 Å². The summed E-state index contributed by atoms with van der Waals surface area (Å²) in [5.74, 6) is 0. The smallest absolute Gasteiger partial charge is 0.261 e. The first-order chi connectivity index (χ1) is 11.9. The van der Waals surface area contributed by atoms with Gasteiger partial charge in [-0.3, -0.25) is 0 Å². The zero-order chi connectivity index (χ0) is 17.9. The highest BCUT2D eigenvalue weighted by Gasteiger charge is 2.51. The second-order valence-electron chi connectivity index (χ2n) is 8.24. The van der Waals surface area contributed by atoms with E-state index in [4.69, 9.17) is 4.43 Å². The Morgan fingerprint density at radius 2 is 1.40 bits per heavy atom. The molecule has 0 heterocycles. The molecule has 0 aromatic heterocycles. The van der Waals surface area contributed by atoms with Gasteiger partial charge < -0.3 is 4.43 Å². The maximum absolute atomic E-state index is 7.18. The third kappa shape index (κ3) is 3.65. The van der Waals surface area contributed by atoms with Crippen LogP contribution < -0.4 is 10.4 Å².